The van der Waals surface area contributed by atoms with E-state index in [1.165, 1.54) is 0 Å². The highest BCUT2D eigenvalue weighted by atomic mass is 16.6. The molecule has 9 heteroatoms. The number of ether oxygens (including phenoxy) is 3. The van der Waals surface area contributed by atoms with E-state index in [-0.39, 0.29) is 38.2 Å². The van der Waals surface area contributed by atoms with Crippen LogP contribution in [0.4, 0.5) is 10.5 Å². The number of aliphatic carboxylic acids is 1. The number of hydrogen-bond acceptors (Lipinski definition) is 6. The van der Waals surface area contributed by atoms with Crippen LogP contribution in [-0.4, -0.2) is 60.9 Å². The van der Waals surface area contributed by atoms with E-state index in [2.05, 4.69) is 0 Å². The van der Waals surface area contributed by atoms with Gasteiger partial charge in [-0.1, -0.05) is 38.1 Å². The van der Waals surface area contributed by atoms with Crippen LogP contribution in [-0.2, 0) is 20.9 Å². The van der Waals surface area contributed by atoms with Crippen molar-refractivity contribution in [3.8, 4) is 11.5 Å². The average Bonchev–Trinajstić information content (AvgIpc) is 2.79. The second-order valence-corrected chi connectivity index (χ2v) is 8.01. The van der Waals surface area contributed by atoms with Crippen LogP contribution in [0.3, 0.4) is 0 Å². The van der Waals surface area contributed by atoms with Crippen LogP contribution in [0.25, 0.3) is 0 Å². The Balaban J connectivity index is 1.54. The summed E-state index contributed by atoms with van der Waals surface area (Å²) in [5, 5.41) is 9.11. The number of nitrogens with zero attached hydrogens (tertiary/aromatic N) is 2. The van der Waals surface area contributed by atoms with Crippen molar-refractivity contribution in [1.29, 1.82) is 0 Å². The molecule has 1 heterocycles. The van der Waals surface area contributed by atoms with E-state index in [1.807, 2.05) is 38.1 Å². The summed E-state index contributed by atoms with van der Waals surface area (Å²) in [5.41, 5.74) is 1.46. The second kappa shape index (κ2) is 11.2. The van der Waals surface area contributed by atoms with Crippen molar-refractivity contribution in [3.63, 3.8) is 0 Å². The maximum atomic E-state index is 12.2. The summed E-state index contributed by atoms with van der Waals surface area (Å²) in [4.78, 5) is 38.4. The van der Waals surface area contributed by atoms with Gasteiger partial charge in [0.25, 0.3) is 5.91 Å². The number of carbonyl (C=O) groups excluding carboxylic acids is 2. The predicted molar refractivity (Wildman–Crippen MR) is 120 cm³/mol. The van der Waals surface area contributed by atoms with Crippen LogP contribution >= 0.6 is 0 Å². The number of carboxylic acid groups (broad SMARTS) is 1. The minimum Gasteiger partial charge on any atom is -0.492 e. The summed E-state index contributed by atoms with van der Waals surface area (Å²) in [5.74, 6) is 0.170. The Labute approximate surface area is 192 Å². The summed E-state index contributed by atoms with van der Waals surface area (Å²) in [7, 11) is 0. The van der Waals surface area contributed by atoms with Gasteiger partial charge in [0.1, 0.15) is 24.7 Å². The lowest BCUT2D eigenvalue weighted by molar-refractivity contribution is -0.138. The molecule has 33 heavy (non-hydrogen) atoms. The standard InChI is InChI=1S/C24H28N2O7/c1-17(2)15-33-24(30)25(14-23(28)29)13-18-7-9-19(10-8-18)31-12-11-26-20-5-3-4-6-21(20)32-16-22(26)27/h3-10,17H,11-16H2,1-2H3,(H,28,29). The Kier molecular flexibility index (Phi) is 8.12. The fraction of sp³-hybridized carbons (Fsp3) is 0.375. The third-order valence-electron chi connectivity index (χ3n) is 4.81. The smallest absolute Gasteiger partial charge is 0.410 e. The van der Waals surface area contributed by atoms with E-state index in [4.69, 9.17) is 19.3 Å². The number of anilines is 1. The molecule has 2 amide bonds. The molecule has 1 aliphatic rings. The molecule has 2 aromatic rings. The molecule has 2 aromatic carbocycles. The highest BCUT2D eigenvalue weighted by molar-refractivity contribution is 5.97. The van der Waals surface area contributed by atoms with Gasteiger partial charge in [0, 0.05) is 6.54 Å². The van der Waals surface area contributed by atoms with Gasteiger partial charge in [-0.25, -0.2) is 4.79 Å². The molecule has 3 rings (SSSR count). The third kappa shape index (κ3) is 6.86. The molecule has 176 valence electrons. The maximum Gasteiger partial charge on any atom is 0.410 e. The van der Waals surface area contributed by atoms with E-state index in [9.17, 15) is 14.4 Å². The number of carbonyl (C=O) groups is 3. The van der Waals surface area contributed by atoms with Gasteiger partial charge in [0.05, 0.1) is 18.8 Å². The van der Waals surface area contributed by atoms with Gasteiger partial charge >= 0.3 is 12.1 Å². The average molecular weight is 456 g/mol. The highest BCUT2D eigenvalue weighted by Crippen LogP contribution is 2.31. The Hall–Kier alpha value is -3.75. The first-order valence-electron chi connectivity index (χ1n) is 10.7. The van der Waals surface area contributed by atoms with Crippen molar-refractivity contribution in [2.45, 2.75) is 20.4 Å². The van der Waals surface area contributed by atoms with Crippen molar-refractivity contribution in [2.24, 2.45) is 5.92 Å². The third-order valence-corrected chi connectivity index (χ3v) is 4.81. The Morgan fingerprint density at radius 3 is 2.58 bits per heavy atom. The molecule has 0 saturated carbocycles. The minimum absolute atomic E-state index is 0.00183. The molecule has 0 aliphatic carbocycles. The predicted octanol–water partition coefficient (Wildman–Crippen LogP) is 3.17. The van der Waals surface area contributed by atoms with E-state index < -0.39 is 18.6 Å². The number of benzene rings is 2. The zero-order valence-corrected chi connectivity index (χ0v) is 18.7. The molecule has 1 N–H and O–H groups in total. The zero-order chi connectivity index (χ0) is 23.8. The lowest BCUT2D eigenvalue weighted by Gasteiger charge is -2.29. The van der Waals surface area contributed by atoms with Crippen molar-refractivity contribution in [3.05, 3.63) is 54.1 Å². The first-order valence-corrected chi connectivity index (χ1v) is 10.7. The van der Waals surface area contributed by atoms with Crippen LogP contribution in [0.15, 0.2) is 48.5 Å². The molecule has 9 nitrogen and oxygen atoms in total. The van der Waals surface area contributed by atoms with Crippen LogP contribution in [0.2, 0.25) is 0 Å². The molecule has 0 saturated heterocycles. The molecule has 0 fully saturated rings. The van der Waals surface area contributed by atoms with Crippen molar-refractivity contribution in [1.82, 2.24) is 4.90 Å². The van der Waals surface area contributed by atoms with E-state index in [1.54, 1.807) is 29.2 Å². The summed E-state index contributed by atoms with van der Waals surface area (Å²) in [6.45, 7) is 4.33. The molecule has 0 unspecified atom stereocenters. The SMILES string of the molecule is CC(C)COC(=O)N(CC(=O)O)Cc1ccc(OCCN2C(=O)COc3ccccc32)cc1. The van der Waals surface area contributed by atoms with Crippen LogP contribution in [0, 0.1) is 5.92 Å². The number of fused-ring (bicyclic) bond motifs is 1. The number of amides is 2. The largest absolute Gasteiger partial charge is 0.492 e. The minimum atomic E-state index is -1.12. The normalized spacial score (nSPS) is 12.7. The molecular weight excluding hydrogens is 428 g/mol. The number of rotatable bonds is 10. The summed E-state index contributed by atoms with van der Waals surface area (Å²) >= 11 is 0. The van der Waals surface area contributed by atoms with Crippen molar-refractivity contribution >= 4 is 23.7 Å². The lowest BCUT2D eigenvalue weighted by atomic mass is 10.2. The maximum absolute atomic E-state index is 12.2. The molecule has 1 aliphatic heterocycles. The highest BCUT2D eigenvalue weighted by Gasteiger charge is 2.25. The Morgan fingerprint density at radius 2 is 1.88 bits per heavy atom. The number of carboxylic acids is 1. The first-order chi connectivity index (χ1) is 15.8. The van der Waals surface area contributed by atoms with E-state index in [0.29, 0.717) is 18.0 Å². The van der Waals surface area contributed by atoms with Crippen LogP contribution in [0.5, 0.6) is 11.5 Å². The molecule has 0 spiro atoms. The van der Waals surface area contributed by atoms with Gasteiger partial charge in [-0.3, -0.25) is 14.5 Å². The Bertz CT molecular complexity index is 975. The summed E-state index contributed by atoms with van der Waals surface area (Å²) in [6.07, 6.45) is -0.665. The van der Waals surface area contributed by atoms with E-state index in [0.717, 1.165) is 16.2 Å². The fourth-order valence-electron chi connectivity index (χ4n) is 3.24. The van der Waals surface area contributed by atoms with Gasteiger partial charge in [0.2, 0.25) is 0 Å². The van der Waals surface area contributed by atoms with Crippen molar-refractivity contribution < 1.29 is 33.7 Å². The Morgan fingerprint density at radius 1 is 1.15 bits per heavy atom. The quantitative estimate of drug-likeness (QED) is 0.585. The molecule has 0 atom stereocenters. The van der Waals surface area contributed by atoms with Gasteiger partial charge in [-0.05, 0) is 35.7 Å². The summed E-state index contributed by atoms with van der Waals surface area (Å²) < 4.78 is 16.4. The fourth-order valence-corrected chi connectivity index (χ4v) is 3.24. The van der Waals surface area contributed by atoms with Gasteiger partial charge in [0.15, 0.2) is 6.61 Å². The molecule has 0 bridgehead atoms. The number of para-hydroxylation sites is 2. The molecular formula is C24H28N2O7. The van der Waals surface area contributed by atoms with Crippen LogP contribution < -0.4 is 14.4 Å². The monoisotopic (exact) mass is 456 g/mol. The van der Waals surface area contributed by atoms with Gasteiger partial charge in [-0.15, -0.1) is 0 Å². The van der Waals surface area contributed by atoms with Gasteiger partial charge < -0.3 is 24.2 Å². The molecule has 0 aromatic heterocycles. The second-order valence-electron chi connectivity index (χ2n) is 8.01. The lowest BCUT2D eigenvalue weighted by Crippen LogP contribution is -2.41. The molecule has 0 radical (unpaired) electrons. The van der Waals surface area contributed by atoms with E-state index >= 15 is 0 Å². The topological polar surface area (TPSA) is 106 Å². The van der Waals surface area contributed by atoms with Gasteiger partial charge in [-0.2, -0.15) is 0 Å². The zero-order valence-electron chi connectivity index (χ0n) is 18.7. The first kappa shape index (κ1) is 23.9. The number of hydrogen-bond donors (Lipinski definition) is 1. The van der Waals surface area contributed by atoms with Crippen LogP contribution in [0.1, 0.15) is 19.4 Å². The van der Waals surface area contributed by atoms with Crippen molar-refractivity contribution in [2.75, 3.05) is 37.8 Å². The summed E-state index contributed by atoms with van der Waals surface area (Å²) in [6, 6.07) is 14.3.